The summed E-state index contributed by atoms with van der Waals surface area (Å²) < 4.78 is 7.02. The second-order valence-corrected chi connectivity index (χ2v) is 7.66. The topological polar surface area (TPSA) is 56.1 Å². The van der Waals surface area contributed by atoms with Gasteiger partial charge in [0.1, 0.15) is 11.4 Å². The average Bonchev–Trinajstić information content (AvgIpc) is 3.20. The molecule has 30 heavy (non-hydrogen) atoms. The van der Waals surface area contributed by atoms with E-state index >= 15 is 0 Å². The van der Waals surface area contributed by atoms with Crippen LogP contribution in [0.3, 0.4) is 0 Å². The van der Waals surface area contributed by atoms with Crippen LogP contribution in [0.2, 0.25) is 0 Å². The molecule has 3 aromatic rings. The molecule has 0 fully saturated rings. The Hall–Kier alpha value is -3.08. The summed E-state index contributed by atoms with van der Waals surface area (Å²) in [5.41, 5.74) is 5.37. The number of hydrogen-bond donors (Lipinski definition) is 1. The molecule has 5 nitrogen and oxygen atoms in total. The average molecular weight is 406 g/mol. The number of ether oxygens (including phenoxy) is 1. The number of rotatable bonds is 9. The molecule has 0 aliphatic heterocycles. The van der Waals surface area contributed by atoms with E-state index in [1.54, 1.807) is 11.8 Å². The number of unbranched alkanes of at least 4 members (excludes halogenated alkanes) is 3. The van der Waals surface area contributed by atoms with E-state index < -0.39 is 0 Å². The maximum Gasteiger partial charge on any atom is 0.270 e. The lowest BCUT2D eigenvalue weighted by Gasteiger charge is -2.11. The minimum atomic E-state index is -0.0975. The van der Waals surface area contributed by atoms with Gasteiger partial charge in [-0.1, -0.05) is 38.3 Å². The van der Waals surface area contributed by atoms with E-state index in [-0.39, 0.29) is 5.91 Å². The largest absolute Gasteiger partial charge is 0.497 e. The van der Waals surface area contributed by atoms with Crippen molar-refractivity contribution < 1.29 is 9.53 Å². The Balaban J connectivity index is 1.95. The first kappa shape index (κ1) is 21.6. The predicted octanol–water partition coefficient (Wildman–Crippen LogP) is 5.47. The van der Waals surface area contributed by atoms with Crippen molar-refractivity contribution >= 4 is 5.91 Å². The summed E-state index contributed by atoms with van der Waals surface area (Å²) in [5.74, 6) is 0.692. The molecule has 3 rings (SSSR count). The normalized spacial score (nSPS) is 10.8. The Bertz CT molecular complexity index is 990. The number of aromatic nitrogens is 2. The molecule has 158 valence electrons. The molecule has 0 radical (unpaired) electrons. The molecule has 1 N–H and O–H groups in total. The molecule has 0 atom stereocenters. The van der Waals surface area contributed by atoms with Crippen LogP contribution in [0, 0.1) is 13.8 Å². The van der Waals surface area contributed by atoms with Crippen LogP contribution >= 0.6 is 0 Å². The molecule has 0 saturated carbocycles. The van der Waals surface area contributed by atoms with Gasteiger partial charge in [0, 0.05) is 12.1 Å². The van der Waals surface area contributed by atoms with Crippen molar-refractivity contribution in [2.24, 2.45) is 0 Å². The van der Waals surface area contributed by atoms with Crippen molar-refractivity contribution in [3.8, 4) is 22.7 Å². The van der Waals surface area contributed by atoms with Crippen LogP contribution in [0.25, 0.3) is 16.9 Å². The fourth-order valence-electron chi connectivity index (χ4n) is 3.42. The molecule has 0 bridgehead atoms. The van der Waals surface area contributed by atoms with E-state index in [4.69, 9.17) is 9.84 Å². The van der Waals surface area contributed by atoms with Gasteiger partial charge in [-0.25, -0.2) is 4.68 Å². The predicted molar refractivity (Wildman–Crippen MR) is 122 cm³/mol. The quantitative estimate of drug-likeness (QED) is 0.480. The van der Waals surface area contributed by atoms with Gasteiger partial charge in [0.05, 0.1) is 18.5 Å². The first-order valence-electron chi connectivity index (χ1n) is 10.6. The molecule has 1 heterocycles. The van der Waals surface area contributed by atoms with Crippen molar-refractivity contribution in [1.29, 1.82) is 0 Å². The van der Waals surface area contributed by atoms with Gasteiger partial charge in [-0.15, -0.1) is 0 Å². The van der Waals surface area contributed by atoms with Crippen molar-refractivity contribution in [3.05, 3.63) is 65.4 Å². The summed E-state index contributed by atoms with van der Waals surface area (Å²) in [6.45, 7) is 6.94. The third kappa shape index (κ3) is 5.09. The number of nitrogens with one attached hydrogen (secondary N) is 1. The van der Waals surface area contributed by atoms with Crippen LogP contribution in [0.4, 0.5) is 0 Å². The molecule has 1 amide bonds. The molecule has 1 aromatic heterocycles. The van der Waals surface area contributed by atoms with Gasteiger partial charge in [-0.2, -0.15) is 5.10 Å². The fraction of sp³-hybridized carbons (Fsp3) is 0.360. The van der Waals surface area contributed by atoms with E-state index in [0.29, 0.717) is 12.2 Å². The van der Waals surface area contributed by atoms with Crippen LogP contribution in [0.5, 0.6) is 5.75 Å². The van der Waals surface area contributed by atoms with Crippen molar-refractivity contribution in [3.63, 3.8) is 0 Å². The van der Waals surface area contributed by atoms with E-state index in [2.05, 4.69) is 30.4 Å². The Morgan fingerprint density at radius 3 is 2.50 bits per heavy atom. The van der Waals surface area contributed by atoms with Gasteiger partial charge in [0.15, 0.2) is 0 Å². The number of hydrogen-bond acceptors (Lipinski definition) is 3. The van der Waals surface area contributed by atoms with Crippen LogP contribution < -0.4 is 10.1 Å². The molecule has 5 heteroatoms. The van der Waals surface area contributed by atoms with Crippen LogP contribution in [0.15, 0.2) is 48.5 Å². The number of aryl methyl sites for hydroxylation is 2. The zero-order valence-electron chi connectivity index (χ0n) is 18.4. The summed E-state index contributed by atoms with van der Waals surface area (Å²) in [6.07, 6.45) is 4.49. The molecule has 2 aromatic carbocycles. The highest BCUT2D eigenvalue weighted by Gasteiger charge is 2.18. The molecular formula is C25H31N3O2. The summed E-state index contributed by atoms with van der Waals surface area (Å²) >= 11 is 0. The molecular weight excluding hydrogens is 374 g/mol. The van der Waals surface area contributed by atoms with Crippen molar-refractivity contribution in [2.45, 2.75) is 46.5 Å². The minimum Gasteiger partial charge on any atom is -0.497 e. The zero-order valence-corrected chi connectivity index (χ0v) is 18.4. The highest BCUT2D eigenvalue weighted by atomic mass is 16.5. The van der Waals surface area contributed by atoms with Crippen LogP contribution in [-0.4, -0.2) is 29.3 Å². The smallest absolute Gasteiger partial charge is 0.270 e. The fourth-order valence-corrected chi connectivity index (χ4v) is 3.42. The van der Waals surface area contributed by atoms with E-state index in [9.17, 15) is 4.79 Å². The van der Waals surface area contributed by atoms with Gasteiger partial charge in [-0.3, -0.25) is 4.79 Å². The summed E-state index contributed by atoms with van der Waals surface area (Å²) in [6, 6.07) is 15.8. The van der Waals surface area contributed by atoms with Crippen molar-refractivity contribution in [1.82, 2.24) is 15.1 Å². The Labute approximate surface area is 179 Å². The number of nitrogens with zero attached hydrogens (tertiary/aromatic N) is 2. The molecule has 0 aliphatic rings. The van der Waals surface area contributed by atoms with Gasteiger partial charge in [0.2, 0.25) is 0 Å². The third-order valence-electron chi connectivity index (χ3n) is 5.24. The van der Waals surface area contributed by atoms with E-state index in [1.807, 2.05) is 44.2 Å². The summed E-state index contributed by atoms with van der Waals surface area (Å²) in [5, 5.41) is 7.87. The zero-order chi connectivity index (χ0) is 21.5. The Kier molecular flexibility index (Phi) is 7.28. The maximum atomic E-state index is 13.0. The lowest BCUT2D eigenvalue weighted by Crippen LogP contribution is -2.27. The molecule has 0 aliphatic carbocycles. The number of carbonyl (C=O) groups is 1. The van der Waals surface area contributed by atoms with Crippen molar-refractivity contribution in [2.75, 3.05) is 13.7 Å². The summed E-state index contributed by atoms with van der Waals surface area (Å²) in [7, 11) is 1.65. The number of benzene rings is 2. The van der Waals surface area contributed by atoms with Gasteiger partial charge in [-0.05, 0) is 67.8 Å². The lowest BCUT2D eigenvalue weighted by atomic mass is 10.1. The molecule has 0 saturated heterocycles. The highest BCUT2D eigenvalue weighted by Crippen LogP contribution is 2.25. The second kappa shape index (κ2) is 10.1. The minimum absolute atomic E-state index is 0.0975. The van der Waals surface area contributed by atoms with E-state index in [1.165, 1.54) is 12.8 Å². The first-order valence-corrected chi connectivity index (χ1v) is 10.6. The van der Waals surface area contributed by atoms with Crippen LogP contribution in [0.1, 0.15) is 54.2 Å². The highest BCUT2D eigenvalue weighted by molar-refractivity contribution is 5.94. The van der Waals surface area contributed by atoms with Gasteiger partial charge >= 0.3 is 0 Å². The third-order valence-corrected chi connectivity index (χ3v) is 5.24. The number of carbonyl (C=O) groups excluding carboxylic acids is 1. The van der Waals surface area contributed by atoms with Gasteiger partial charge in [0.25, 0.3) is 5.91 Å². The SMILES string of the molecule is CCCCCCNC(=O)c1cc(-c2ccc(OC)cc2)nn1-c1cc(C)ccc1C. The van der Waals surface area contributed by atoms with E-state index in [0.717, 1.165) is 46.7 Å². The Morgan fingerprint density at radius 1 is 1.03 bits per heavy atom. The maximum absolute atomic E-state index is 13.0. The first-order chi connectivity index (χ1) is 14.5. The molecule has 0 spiro atoms. The molecule has 0 unspecified atom stereocenters. The van der Waals surface area contributed by atoms with Gasteiger partial charge < -0.3 is 10.1 Å². The lowest BCUT2D eigenvalue weighted by molar-refractivity contribution is 0.0945. The van der Waals surface area contributed by atoms with Crippen LogP contribution in [-0.2, 0) is 0 Å². The Morgan fingerprint density at radius 2 is 1.80 bits per heavy atom. The number of methoxy groups -OCH3 is 1. The number of amides is 1. The monoisotopic (exact) mass is 405 g/mol. The standard InChI is InChI=1S/C25H31N3O2/c1-5-6-7-8-15-26-25(29)24-17-22(20-11-13-21(30-4)14-12-20)27-28(24)23-16-18(2)9-10-19(23)3/h9-14,16-17H,5-8,15H2,1-4H3,(H,26,29). The second-order valence-electron chi connectivity index (χ2n) is 7.66. The summed E-state index contributed by atoms with van der Waals surface area (Å²) in [4.78, 5) is 13.0.